The van der Waals surface area contributed by atoms with Crippen LogP contribution in [-0.2, 0) is 30.3 Å². The van der Waals surface area contributed by atoms with E-state index in [1.807, 2.05) is 13.8 Å². The Labute approximate surface area is 256 Å². The zero-order valence-electron chi connectivity index (χ0n) is 25.4. The Bertz CT molecular complexity index is 1370. The number of nitrogen functional groups attached to an aromatic ring is 1. The number of fused-ring (bicyclic) bond motifs is 1. The van der Waals surface area contributed by atoms with Crippen molar-refractivity contribution in [2.24, 2.45) is 0 Å². The molecule has 0 spiro atoms. The average molecular weight is 614 g/mol. The molecule has 0 saturated heterocycles. The minimum absolute atomic E-state index is 0.101. The van der Waals surface area contributed by atoms with Crippen LogP contribution in [0.4, 0.5) is 11.5 Å². The Morgan fingerprint density at radius 3 is 2.32 bits per heavy atom. The molecule has 14 nitrogen and oxygen atoms in total. The smallest absolute Gasteiger partial charge is 0.277 e. The molecule has 6 N–H and O–H groups in total. The lowest BCUT2D eigenvalue weighted by Crippen LogP contribution is -2.34. The van der Waals surface area contributed by atoms with Crippen molar-refractivity contribution in [3.63, 3.8) is 0 Å². The van der Waals surface area contributed by atoms with Crippen molar-refractivity contribution in [2.75, 3.05) is 70.5 Å². The first kappa shape index (κ1) is 34.4. The Balaban J connectivity index is 1.25. The van der Waals surface area contributed by atoms with E-state index in [1.54, 1.807) is 36.5 Å². The number of ether oxygens (including phenoxy) is 4. The van der Waals surface area contributed by atoms with Crippen LogP contribution in [-0.4, -0.2) is 92.2 Å². The van der Waals surface area contributed by atoms with Crippen molar-refractivity contribution in [3.05, 3.63) is 58.1 Å². The van der Waals surface area contributed by atoms with E-state index in [-0.39, 0.29) is 35.6 Å². The van der Waals surface area contributed by atoms with Crippen molar-refractivity contribution < 1.29 is 28.5 Å². The number of benzene rings is 1. The topological polar surface area (TPSA) is 192 Å². The van der Waals surface area contributed by atoms with Crippen LogP contribution in [0.15, 0.2) is 41.3 Å². The fraction of sp³-hybridized carbons (Fsp3) is 0.500. The molecule has 3 rings (SSSR count). The van der Waals surface area contributed by atoms with Gasteiger partial charge >= 0.3 is 0 Å². The van der Waals surface area contributed by atoms with Gasteiger partial charge in [-0.05, 0) is 44.5 Å². The van der Waals surface area contributed by atoms with Crippen LogP contribution in [0.2, 0.25) is 0 Å². The predicted octanol–water partition coefficient (Wildman–Crippen LogP) is 1.61. The van der Waals surface area contributed by atoms with Gasteiger partial charge < -0.3 is 45.6 Å². The van der Waals surface area contributed by atoms with Gasteiger partial charge in [-0.25, -0.2) is 4.98 Å². The number of nitrogens with one attached hydrogen (secondary N) is 4. The summed E-state index contributed by atoms with van der Waals surface area (Å²) in [7, 11) is 0. The molecule has 0 aliphatic heterocycles. The van der Waals surface area contributed by atoms with Crippen molar-refractivity contribution >= 4 is 34.4 Å². The molecular formula is C30H43N7O7. The van der Waals surface area contributed by atoms with Crippen LogP contribution in [0.5, 0.6) is 0 Å². The summed E-state index contributed by atoms with van der Waals surface area (Å²) in [6.45, 7) is 8.66. The third-order valence-corrected chi connectivity index (χ3v) is 6.31. The highest BCUT2D eigenvalue weighted by Gasteiger charge is 2.12. The first-order valence-electron chi connectivity index (χ1n) is 14.7. The van der Waals surface area contributed by atoms with Gasteiger partial charge in [0.25, 0.3) is 11.5 Å². The molecule has 44 heavy (non-hydrogen) atoms. The summed E-state index contributed by atoms with van der Waals surface area (Å²) >= 11 is 0. The van der Waals surface area contributed by atoms with Crippen molar-refractivity contribution in [1.82, 2.24) is 25.6 Å². The van der Waals surface area contributed by atoms with E-state index in [2.05, 4.69) is 30.9 Å². The lowest BCUT2D eigenvalue weighted by Gasteiger charge is -2.14. The molecule has 0 bridgehead atoms. The van der Waals surface area contributed by atoms with Crippen molar-refractivity contribution in [3.8, 4) is 0 Å². The van der Waals surface area contributed by atoms with Crippen LogP contribution in [0, 0.1) is 0 Å². The van der Waals surface area contributed by atoms with Gasteiger partial charge in [0.05, 0.1) is 70.2 Å². The Hall–Kier alpha value is -4.11. The SMILES string of the molecule is CCOCCOCCOCCOCCNC(=O)CC[C@@H](C)NC(=O)c1ccc(NCc2cnc3cc(N)[nH]c(=O)c3n2)cc1. The van der Waals surface area contributed by atoms with E-state index < -0.39 is 5.56 Å². The van der Waals surface area contributed by atoms with Gasteiger partial charge in [0.1, 0.15) is 5.82 Å². The first-order chi connectivity index (χ1) is 21.4. The monoisotopic (exact) mass is 613 g/mol. The largest absolute Gasteiger partial charge is 0.385 e. The summed E-state index contributed by atoms with van der Waals surface area (Å²) in [6.07, 6.45) is 2.36. The van der Waals surface area contributed by atoms with Gasteiger partial charge in [-0.15, -0.1) is 0 Å². The molecule has 0 fully saturated rings. The number of rotatable bonds is 21. The third-order valence-electron chi connectivity index (χ3n) is 6.31. The Morgan fingerprint density at radius 2 is 1.64 bits per heavy atom. The number of nitrogens with two attached hydrogens (primary N) is 1. The molecule has 0 aliphatic carbocycles. The fourth-order valence-electron chi connectivity index (χ4n) is 3.98. The van der Waals surface area contributed by atoms with E-state index in [1.165, 1.54) is 0 Å². The molecule has 240 valence electrons. The van der Waals surface area contributed by atoms with E-state index in [0.29, 0.717) is 89.1 Å². The third kappa shape index (κ3) is 12.6. The Morgan fingerprint density at radius 1 is 0.977 bits per heavy atom. The molecule has 1 atom stereocenters. The normalized spacial score (nSPS) is 11.8. The van der Waals surface area contributed by atoms with Gasteiger partial charge in [-0.2, -0.15) is 0 Å². The van der Waals surface area contributed by atoms with Crippen LogP contribution >= 0.6 is 0 Å². The van der Waals surface area contributed by atoms with E-state index in [4.69, 9.17) is 24.7 Å². The second kappa shape index (κ2) is 19.2. The van der Waals surface area contributed by atoms with Gasteiger partial charge in [-0.3, -0.25) is 19.4 Å². The number of hydrogen-bond donors (Lipinski definition) is 5. The zero-order chi connectivity index (χ0) is 31.6. The van der Waals surface area contributed by atoms with E-state index in [9.17, 15) is 14.4 Å². The molecule has 2 heterocycles. The van der Waals surface area contributed by atoms with Gasteiger partial charge in [0, 0.05) is 42.9 Å². The lowest BCUT2D eigenvalue weighted by molar-refractivity contribution is -0.121. The summed E-state index contributed by atoms with van der Waals surface area (Å²) in [5, 5.41) is 8.94. The first-order valence-corrected chi connectivity index (χ1v) is 14.7. The maximum absolute atomic E-state index is 12.6. The summed E-state index contributed by atoms with van der Waals surface area (Å²) in [5.74, 6) is -0.0968. The number of hydrogen-bond acceptors (Lipinski definition) is 11. The molecule has 2 aromatic heterocycles. The molecule has 3 aromatic rings. The number of pyridine rings is 1. The minimum atomic E-state index is -0.394. The zero-order valence-corrected chi connectivity index (χ0v) is 25.4. The van der Waals surface area contributed by atoms with Crippen molar-refractivity contribution in [2.45, 2.75) is 39.3 Å². The maximum Gasteiger partial charge on any atom is 0.277 e. The van der Waals surface area contributed by atoms with Crippen molar-refractivity contribution in [1.29, 1.82) is 0 Å². The molecular weight excluding hydrogens is 570 g/mol. The second-order valence-electron chi connectivity index (χ2n) is 9.88. The number of carbonyl (C=O) groups is 2. The summed E-state index contributed by atoms with van der Waals surface area (Å²) in [6, 6.07) is 8.35. The van der Waals surface area contributed by atoms with Crippen LogP contribution in [0.3, 0.4) is 0 Å². The number of H-pyrrole nitrogens is 1. The molecule has 0 unspecified atom stereocenters. The van der Waals surface area contributed by atoms with Crippen LogP contribution in [0.1, 0.15) is 42.7 Å². The number of aromatic nitrogens is 3. The minimum Gasteiger partial charge on any atom is -0.385 e. The highest BCUT2D eigenvalue weighted by Crippen LogP contribution is 2.13. The van der Waals surface area contributed by atoms with Gasteiger partial charge in [-0.1, -0.05) is 0 Å². The summed E-state index contributed by atoms with van der Waals surface area (Å²) in [4.78, 5) is 48.0. The number of amides is 2. The van der Waals surface area contributed by atoms with Gasteiger partial charge in [0.2, 0.25) is 5.91 Å². The maximum atomic E-state index is 12.6. The predicted molar refractivity (Wildman–Crippen MR) is 166 cm³/mol. The van der Waals surface area contributed by atoms with Crippen LogP contribution in [0.25, 0.3) is 11.0 Å². The quantitative estimate of drug-likeness (QED) is 0.110. The molecule has 14 heteroatoms. The molecule has 0 aliphatic rings. The number of nitrogens with zero attached hydrogens (tertiary/aromatic N) is 2. The Kier molecular flexibility index (Phi) is 15.0. The lowest BCUT2D eigenvalue weighted by atomic mass is 10.1. The van der Waals surface area contributed by atoms with E-state index >= 15 is 0 Å². The highest BCUT2D eigenvalue weighted by molar-refractivity contribution is 5.94. The summed E-state index contributed by atoms with van der Waals surface area (Å²) < 4.78 is 21.4. The fourth-order valence-corrected chi connectivity index (χ4v) is 3.98. The number of carbonyl (C=O) groups excluding carboxylic acids is 2. The molecule has 0 radical (unpaired) electrons. The summed E-state index contributed by atoms with van der Waals surface area (Å²) in [5.41, 5.74) is 7.74. The average Bonchev–Trinajstić information content (AvgIpc) is 3.01. The second-order valence-corrected chi connectivity index (χ2v) is 9.88. The van der Waals surface area contributed by atoms with E-state index in [0.717, 1.165) is 5.69 Å². The molecule has 0 saturated carbocycles. The number of aromatic amines is 1. The molecule has 2 amide bonds. The highest BCUT2D eigenvalue weighted by atomic mass is 16.6. The van der Waals surface area contributed by atoms with Crippen LogP contribution < -0.4 is 27.2 Å². The molecule has 1 aromatic carbocycles. The number of anilines is 2. The van der Waals surface area contributed by atoms with Gasteiger partial charge in [0.15, 0.2) is 5.52 Å². The standard InChI is InChI=1S/C30H43N7O7/c1-3-41-12-13-43-16-17-44-15-14-42-11-10-32-27(38)9-4-21(2)35-29(39)22-5-7-23(8-6-22)33-19-24-20-34-25-18-26(31)37-30(40)28(25)36-24/h5-8,18,20-21,33H,3-4,9-17,19H2,1-2H3,(H,32,38)(H,35,39)(H3,31,37,40)/t21-/m1/s1.